The summed E-state index contributed by atoms with van der Waals surface area (Å²) in [4.78, 5) is 27.2. The summed E-state index contributed by atoms with van der Waals surface area (Å²) in [6.07, 6.45) is 0. The van der Waals surface area contributed by atoms with Crippen LogP contribution in [0.5, 0.6) is 23.0 Å². The molecule has 0 aliphatic carbocycles. The molecule has 6 aromatic rings. The topological polar surface area (TPSA) is 110 Å². The second-order valence-electron chi connectivity index (χ2n) is 10.6. The number of benzene rings is 4. The molecule has 0 unspecified atom stereocenters. The highest BCUT2D eigenvalue weighted by molar-refractivity contribution is 5.90. The third kappa shape index (κ3) is 4.59. The highest BCUT2D eigenvalue weighted by Gasteiger charge is 2.33. The van der Waals surface area contributed by atoms with Crippen molar-refractivity contribution in [1.82, 2.24) is 0 Å². The summed E-state index contributed by atoms with van der Waals surface area (Å²) < 4.78 is 17.4. The SMILES string of the molecule is Cc1cc(C)c2oc(=O)c(C(c3ccc(Oc4ccccc4)cc3)c3c(O)c4cc(C)cc(C)c4oc3=O)c(O)c2c1. The average Bonchev–Trinajstić information content (AvgIpc) is 2.95. The Bertz CT molecular complexity index is 1990. The minimum absolute atomic E-state index is 0.185. The van der Waals surface area contributed by atoms with Gasteiger partial charge in [0.1, 0.15) is 34.2 Å². The number of aromatic hydroxyl groups is 2. The number of para-hydroxylation sites is 1. The van der Waals surface area contributed by atoms with Crippen LogP contribution in [0.4, 0.5) is 0 Å². The number of hydrogen-bond acceptors (Lipinski definition) is 7. The number of ether oxygens (including phenoxy) is 1. The maximum atomic E-state index is 13.6. The predicted octanol–water partition coefficient (Wildman–Crippen LogP) is 7.52. The molecule has 0 bridgehead atoms. The van der Waals surface area contributed by atoms with Gasteiger partial charge < -0.3 is 23.8 Å². The van der Waals surface area contributed by atoms with Crippen molar-refractivity contribution in [3.05, 3.63) is 139 Å². The van der Waals surface area contributed by atoms with Crippen LogP contribution in [0.2, 0.25) is 0 Å². The largest absolute Gasteiger partial charge is 0.507 e. The van der Waals surface area contributed by atoms with E-state index in [1.54, 1.807) is 50.2 Å². The van der Waals surface area contributed by atoms with Crippen LogP contribution in [0, 0.1) is 27.7 Å². The molecule has 210 valence electrons. The average molecular weight is 561 g/mol. The lowest BCUT2D eigenvalue weighted by Crippen LogP contribution is -2.21. The third-order valence-electron chi connectivity index (χ3n) is 7.46. The Hall–Kier alpha value is -5.30. The van der Waals surface area contributed by atoms with Gasteiger partial charge in [-0.25, -0.2) is 9.59 Å². The smallest absolute Gasteiger partial charge is 0.344 e. The standard InChI is InChI=1S/C35H28O7/c1-18-14-20(3)32-25(16-18)30(36)28(34(38)41-32)27(22-10-12-24(13-11-22)40-23-8-6-5-7-9-23)29-31(37)26-17-19(2)15-21(4)33(26)42-35(29)39/h5-17,27,36-37H,1-4H3. The van der Waals surface area contributed by atoms with E-state index in [2.05, 4.69) is 0 Å². The van der Waals surface area contributed by atoms with E-state index in [-0.39, 0.29) is 33.8 Å². The van der Waals surface area contributed by atoms with Gasteiger partial charge in [-0.1, -0.05) is 42.5 Å². The van der Waals surface area contributed by atoms with E-state index in [0.717, 1.165) is 11.1 Å². The fourth-order valence-electron chi connectivity index (χ4n) is 5.65. The van der Waals surface area contributed by atoms with Crippen molar-refractivity contribution in [2.45, 2.75) is 33.6 Å². The molecule has 0 amide bonds. The quantitative estimate of drug-likeness (QED) is 0.210. The Balaban J connectivity index is 1.63. The van der Waals surface area contributed by atoms with Crippen LogP contribution in [-0.2, 0) is 0 Å². The van der Waals surface area contributed by atoms with Gasteiger partial charge in [0.15, 0.2) is 0 Å². The Morgan fingerprint density at radius 2 is 1.07 bits per heavy atom. The molecule has 0 fully saturated rings. The molecule has 0 radical (unpaired) electrons. The van der Waals surface area contributed by atoms with Crippen LogP contribution in [0.3, 0.4) is 0 Å². The van der Waals surface area contributed by atoms with Crippen LogP contribution in [0.15, 0.2) is 97.3 Å². The lowest BCUT2D eigenvalue weighted by Gasteiger charge is -2.21. The second kappa shape index (κ2) is 10.3. The number of hydrogen-bond donors (Lipinski definition) is 2. The summed E-state index contributed by atoms with van der Waals surface area (Å²) in [6, 6.07) is 23.1. The molecule has 6 rings (SSSR count). The van der Waals surface area contributed by atoms with Crippen LogP contribution < -0.4 is 16.0 Å². The summed E-state index contributed by atoms with van der Waals surface area (Å²) in [7, 11) is 0. The minimum Gasteiger partial charge on any atom is -0.507 e. The first kappa shape index (κ1) is 26.9. The van der Waals surface area contributed by atoms with E-state index >= 15 is 0 Å². The molecule has 2 heterocycles. The van der Waals surface area contributed by atoms with Crippen molar-refractivity contribution in [2.24, 2.45) is 0 Å². The predicted molar refractivity (Wildman–Crippen MR) is 161 cm³/mol. The zero-order valence-electron chi connectivity index (χ0n) is 23.5. The lowest BCUT2D eigenvalue weighted by molar-refractivity contribution is 0.441. The molecule has 0 spiro atoms. The van der Waals surface area contributed by atoms with E-state index in [0.29, 0.717) is 39.0 Å². The van der Waals surface area contributed by atoms with Gasteiger partial charge in [0, 0.05) is 0 Å². The highest BCUT2D eigenvalue weighted by atomic mass is 16.5. The van der Waals surface area contributed by atoms with Gasteiger partial charge in [-0.2, -0.15) is 0 Å². The minimum atomic E-state index is -1.22. The maximum absolute atomic E-state index is 13.6. The number of fused-ring (bicyclic) bond motifs is 2. The molecule has 2 aromatic heterocycles. The van der Waals surface area contributed by atoms with Crippen molar-refractivity contribution in [2.75, 3.05) is 0 Å². The van der Waals surface area contributed by atoms with E-state index in [1.165, 1.54) is 0 Å². The summed E-state index contributed by atoms with van der Waals surface area (Å²) in [5.74, 6) is -0.729. The maximum Gasteiger partial charge on any atom is 0.344 e. The van der Waals surface area contributed by atoms with Gasteiger partial charge in [0.05, 0.1) is 27.8 Å². The van der Waals surface area contributed by atoms with Gasteiger partial charge in [-0.3, -0.25) is 0 Å². The van der Waals surface area contributed by atoms with Gasteiger partial charge in [-0.05, 0) is 91.9 Å². The second-order valence-corrected chi connectivity index (χ2v) is 10.6. The first-order valence-corrected chi connectivity index (χ1v) is 13.5. The normalized spacial score (nSPS) is 11.5. The Morgan fingerprint density at radius 3 is 1.55 bits per heavy atom. The van der Waals surface area contributed by atoms with Crippen molar-refractivity contribution >= 4 is 21.9 Å². The van der Waals surface area contributed by atoms with Gasteiger partial charge in [-0.15, -0.1) is 0 Å². The molecule has 0 atom stereocenters. The Morgan fingerprint density at radius 1 is 0.619 bits per heavy atom. The van der Waals surface area contributed by atoms with E-state index in [1.807, 2.05) is 56.3 Å². The first-order chi connectivity index (χ1) is 20.1. The molecule has 0 saturated carbocycles. The molecular formula is C35H28O7. The monoisotopic (exact) mass is 560 g/mol. The fraction of sp³-hybridized carbons (Fsp3) is 0.143. The number of aryl methyl sites for hydroxylation is 4. The summed E-state index contributed by atoms with van der Waals surface area (Å²) in [5.41, 5.74) is 1.97. The first-order valence-electron chi connectivity index (χ1n) is 13.5. The molecule has 0 aliphatic heterocycles. The zero-order chi connectivity index (χ0) is 29.7. The van der Waals surface area contributed by atoms with Crippen LogP contribution in [0.1, 0.15) is 44.9 Å². The van der Waals surface area contributed by atoms with Crippen molar-refractivity contribution in [3.8, 4) is 23.0 Å². The molecule has 0 saturated heterocycles. The molecular weight excluding hydrogens is 532 g/mol. The zero-order valence-corrected chi connectivity index (χ0v) is 23.5. The number of rotatable bonds is 5. The molecule has 42 heavy (non-hydrogen) atoms. The summed E-state index contributed by atoms with van der Waals surface area (Å²) in [5, 5.41) is 23.9. The van der Waals surface area contributed by atoms with Crippen molar-refractivity contribution < 1.29 is 23.8 Å². The molecule has 2 N–H and O–H groups in total. The molecule has 7 heteroatoms. The van der Waals surface area contributed by atoms with Gasteiger partial charge in [0.2, 0.25) is 0 Å². The van der Waals surface area contributed by atoms with E-state index in [4.69, 9.17) is 13.6 Å². The Labute approximate surface area is 240 Å². The highest BCUT2D eigenvalue weighted by Crippen LogP contribution is 2.43. The lowest BCUT2D eigenvalue weighted by atomic mass is 9.84. The van der Waals surface area contributed by atoms with Crippen LogP contribution in [-0.4, -0.2) is 10.2 Å². The van der Waals surface area contributed by atoms with Crippen molar-refractivity contribution in [3.63, 3.8) is 0 Å². The van der Waals surface area contributed by atoms with Crippen molar-refractivity contribution in [1.29, 1.82) is 0 Å². The fourth-order valence-corrected chi connectivity index (χ4v) is 5.65. The van der Waals surface area contributed by atoms with Crippen LogP contribution in [0.25, 0.3) is 21.9 Å². The van der Waals surface area contributed by atoms with Gasteiger partial charge >= 0.3 is 11.3 Å². The van der Waals surface area contributed by atoms with E-state index in [9.17, 15) is 19.8 Å². The molecule has 0 aliphatic rings. The van der Waals surface area contributed by atoms with Crippen LogP contribution >= 0.6 is 0 Å². The summed E-state index contributed by atoms with van der Waals surface area (Å²) in [6.45, 7) is 7.31. The van der Waals surface area contributed by atoms with Gasteiger partial charge in [0.25, 0.3) is 0 Å². The third-order valence-corrected chi connectivity index (χ3v) is 7.46. The van der Waals surface area contributed by atoms with E-state index < -0.39 is 17.2 Å². The molecule has 4 aromatic carbocycles. The summed E-state index contributed by atoms with van der Waals surface area (Å²) >= 11 is 0. The molecule has 7 nitrogen and oxygen atoms in total. The Kier molecular flexibility index (Phi) is 6.58.